The molecule has 0 fully saturated rings. The molecule has 0 unspecified atom stereocenters. The number of amides is 2. The van der Waals surface area contributed by atoms with Gasteiger partial charge in [-0.25, -0.2) is 0 Å². The Bertz CT molecular complexity index is 984. The molecule has 1 N–H and O–H groups in total. The predicted molar refractivity (Wildman–Crippen MR) is 107 cm³/mol. The van der Waals surface area contributed by atoms with Crippen molar-refractivity contribution in [3.63, 3.8) is 0 Å². The van der Waals surface area contributed by atoms with Crippen molar-refractivity contribution < 1.29 is 9.59 Å². The molecule has 1 aliphatic heterocycles. The Labute approximate surface area is 164 Å². The molecule has 2 amide bonds. The fraction of sp³-hybridized carbons (Fsp3) is 0.174. The largest absolute Gasteiger partial charge is 0.346 e. The zero-order valence-corrected chi connectivity index (χ0v) is 15.5. The maximum atomic E-state index is 12.8. The van der Waals surface area contributed by atoms with Gasteiger partial charge in [-0.2, -0.15) is 0 Å². The van der Waals surface area contributed by atoms with Crippen molar-refractivity contribution >= 4 is 11.8 Å². The first-order valence-corrected chi connectivity index (χ1v) is 9.35. The van der Waals surface area contributed by atoms with Crippen LogP contribution in [0.2, 0.25) is 0 Å². The standard InChI is InChI=1S/C23H21N3O2/c27-22(25-15-21-7-3-4-13-24-21)18-8-10-19(11-9-18)23(28)26-14-12-17-5-1-2-6-20(17)16-26/h1-11,13H,12,14-16H2,(H,25,27). The van der Waals surface area contributed by atoms with Crippen LogP contribution < -0.4 is 5.32 Å². The number of carbonyl (C=O) groups excluding carboxylic acids is 2. The summed E-state index contributed by atoms with van der Waals surface area (Å²) in [5, 5.41) is 2.84. The van der Waals surface area contributed by atoms with Crippen molar-refractivity contribution in [3.05, 3.63) is 101 Å². The Morgan fingerprint density at radius 1 is 0.893 bits per heavy atom. The second kappa shape index (κ2) is 8.05. The number of aromatic nitrogens is 1. The summed E-state index contributed by atoms with van der Waals surface area (Å²) >= 11 is 0. The first kappa shape index (κ1) is 17.9. The van der Waals surface area contributed by atoms with E-state index < -0.39 is 0 Å². The van der Waals surface area contributed by atoms with Gasteiger partial charge in [0.2, 0.25) is 0 Å². The highest BCUT2D eigenvalue weighted by Gasteiger charge is 2.21. The minimum atomic E-state index is -0.184. The molecule has 0 bridgehead atoms. The van der Waals surface area contributed by atoms with E-state index in [1.165, 1.54) is 11.1 Å². The molecule has 28 heavy (non-hydrogen) atoms. The lowest BCUT2D eigenvalue weighted by atomic mass is 9.99. The lowest BCUT2D eigenvalue weighted by Gasteiger charge is -2.29. The first-order valence-electron chi connectivity index (χ1n) is 9.35. The van der Waals surface area contributed by atoms with Gasteiger partial charge in [0.05, 0.1) is 12.2 Å². The Balaban J connectivity index is 1.39. The normalized spacial score (nSPS) is 12.9. The molecule has 0 aliphatic carbocycles. The van der Waals surface area contributed by atoms with E-state index >= 15 is 0 Å². The predicted octanol–water partition coefficient (Wildman–Crippen LogP) is 3.21. The molecule has 5 heteroatoms. The molecule has 0 atom stereocenters. The zero-order chi connectivity index (χ0) is 19.3. The van der Waals surface area contributed by atoms with Crippen LogP contribution in [0.5, 0.6) is 0 Å². The lowest BCUT2D eigenvalue weighted by Crippen LogP contribution is -2.35. The fourth-order valence-corrected chi connectivity index (χ4v) is 3.39. The van der Waals surface area contributed by atoms with Crippen LogP contribution in [-0.2, 0) is 19.5 Å². The summed E-state index contributed by atoms with van der Waals surface area (Å²) in [6, 6.07) is 20.6. The average Bonchev–Trinajstić information content (AvgIpc) is 2.77. The van der Waals surface area contributed by atoms with Gasteiger partial charge in [0.25, 0.3) is 11.8 Å². The van der Waals surface area contributed by atoms with Crippen molar-refractivity contribution in [2.24, 2.45) is 0 Å². The number of benzene rings is 2. The molecular weight excluding hydrogens is 350 g/mol. The SMILES string of the molecule is O=C(NCc1ccccn1)c1ccc(C(=O)N2CCc3ccccc3C2)cc1. The average molecular weight is 371 g/mol. The van der Waals surface area contributed by atoms with Gasteiger partial charge in [-0.3, -0.25) is 14.6 Å². The number of hydrogen-bond acceptors (Lipinski definition) is 3. The summed E-state index contributed by atoms with van der Waals surface area (Å²) < 4.78 is 0. The van der Waals surface area contributed by atoms with Crippen LogP contribution in [0, 0.1) is 0 Å². The fourth-order valence-electron chi connectivity index (χ4n) is 3.39. The lowest BCUT2D eigenvalue weighted by molar-refractivity contribution is 0.0734. The molecule has 2 heterocycles. The second-order valence-corrected chi connectivity index (χ2v) is 6.83. The molecule has 3 aromatic rings. The maximum absolute atomic E-state index is 12.8. The summed E-state index contributed by atoms with van der Waals surface area (Å²) in [6.45, 7) is 1.71. The molecule has 0 spiro atoms. The number of pyridine rings is 1. The maximum Gasteiger partial charge on any atom is 0.254 e. The highest BCUT2D eigenvalue weighted by atomic mass is 16.2. The van der Waals surface area contributed by atoms with Crippen LogP contribution >= 0.6 is 0 Å². The molecule has 4 rings (SSSR count). The third-order valence-corrected chi connectivity index (χ3v) is 4.97. The Kier molecular flexibility index (Phi) is 5.15. The van der Waals surface area contributed by atoms with Crippen molar-refractivity contribution in [1.29, 1.82) is 0 Å². The monoisotopic (exact) mass is 371 g/mol. The van der Waals surface area contributed by atoms with E-state index in [4.69, 9.17) is 0 Å². The molecule has 1 aliphatic rings. The van der Waals surface area contributed by atoms with Crippen molar-refractivity contribution in [1.82, 2.24) is 15.2 Å². The van der Waals surface area contributed by atoms with Gasteiger partial charge in [-0.05, 0) is 53.9 Å². The topological polar surface area (TPSA) is 62.3 Å². The van der Waals surface area contributed by atoms with E-state index in [2.05, 4.69) is 22.4 Å². The number of rotatable bonds is 4. The van der Waals surface area contributed by atoms with E-state index in [0.29, 0.717) is 30.8 Å². The van der Waals surface area contributed by atoms with E-state index in [9.17, 15) is 9.59 Å². The van der Waals surface area contributed by atoms with Gasteiger partial charge >= 0.3 is 0 Å². The summed E-state index contributed by atoms with van der Waals surface area (Å²) in [5.74, 6) is -0.188. The Morgan fingerprint density at radius 3 is 2.36 bits per heavy atom. The molecule has 2 aromatic carbocycles. The molecule has 0 saturated heterocycles. The minimum absolute atomic E-state index is 0.00468. The number of carbonyl (C=O) groups is 2. The molecular formula is C23H21N3O2. The number of nitrogens with one attached hydrogen (secondary N) is 1. The van der Waals surface area contributed by atoms with Crippen LogP contribution in [-0.4, -0.2) is 28.2 Å². The van der Waals surface area contributed by atoms with E-state index in [-0.39, 0.29) is 11.8 Å². The first-order chi connectivity index (χ1) is 13.7. The minimum Gasteiger partial charge on any atom is -0.346 e. The van der Waals surface area contributed by atoms with Crippen molar-refractivity contribution in [3.8, 4) is 0 Å². The molecule has 0 radical (unpaired) electrons. The highest BCUT2D eigenvalue weighted by molar-refractivity contribution is 5.97. The third kappa shape index (κ3) is 3.93. The van der Waals surface area contributed by atoms with Gasteiger partial charge in [0, 0.05) is 30.4 Å². The highest BCUT2D eigenvalue weighted by Crippen LogP contribution is 2.20. The molecule has 1 aromatic heterocycles. The van der Waals surface area contributed by atoms with Gasteiger partial charge < -0.3 is 10.2 Å². The van der Waals surface area contributed by atoms with Gasteiger partial charge in [-0.15, -0.1) is 0 Å². The van der Waals surface area contributed by atoms with Crippen molar-refractivity contribution in [2.45, 2.75) is 19.5 Å². The van der Waals surface area contributed by atoms with E-state index in [1.54, 1.807) is 30.5 Å². The summed E-state index contributed by atoms with van der Waals surface area (Å²) in [5.41, 5.74) is 4.43. The van der Waals surface area contributed by atoms with Gasteiger partial charge in [0.15, 0.2) is 0 Å². The molecule has 140 valence electrons. The summed E-state index contributed by atoms with van der Waals surface area (Å²) in [7, 11) is 0. The number of fused-ring (bicyclic) bond motifs is 1. The second-order valence-electron chi connectivity index (χ2n) is 6.83. The summed E-state index contributed by atoms with van der Waals surface area (Å²) in [4.78, 5) is 31.2. The Hall–Kier alpha value is -3.47. The van der Waals surface area contributed by atoms with E-state index in [1.807, 2.05) is 35.2 Å². The smallest absolute Gasteiger partial charge is 0.254 e. The van der Waals surface area contributed by atoms with Crippen LogP contribution in [0.1, 0.15) is 37.5 Å². The van der Waals surface area contributed by atoms with Crippen LogP contribution in [0.4, 0.5) is 0 Å². The third-order valence-electron chi connectivity index (χ3n) is 4.97. The molecule has 0 saturated carbocycles. The Morgan fingerprint density at radius 2 is 1.61 bits per heavy atom. The van der Waals surface area contributed by atoms with Crippen LogP contribution in [0.3, 0.4) is 0 Å². The van der Waals surface area contributed by atoms with Crippen LogP contribution in [0.15, 0.2) is 72.9 Å². The summed E-state index contributed by atoms with van der Waals surface area (Å²) in [6.07, 6.45) is 2.57. The number of hydrogen-bond donors (Lipinski definition) is 1. The molecule has 5 nitrogen and oxygen atoms in total. The van der Waals surface area contributed by atoms with Gasteiger partial charge in [0.1, 0.15) is 0 Å². The van der Waals surface area contributed by atoms with Crippen LogP contribution in [0.25, 0.3) is 0 Å². The van der Waals surface area contributed by atoms with Gasteiger partial charge in [-0.1, -0.05) is 30.3 Å². The van der Waals surface area contributed by atoms with Crippen molar-refractivity contribution in [2.75, 3.05) is 6.54 Å². The number of nitrogens with zero attached hydrogens (tertiary/aromatic N) is 2. The zero-order valence-electron chi connectivity index (χ0n) is 15.5. The van der Waals surface area contributed by atoms with E-state index in [0.717, 1.165) is 12.1 Å². The quantitative estimate of drug-likeness (QED) is 0.766.